The number of anilines is 3. The summed E-state index contributed by atoms with van der Waals surface area (Å²) in [5.74, 6) is 6.57. The zero-order valence-corrected chi connectivity index (χ0v) is 11.0. The Morgan fingerprint density at radius 3 is 2.53 bits per heavy atom. The molecule has 1 aromatic rings. The first-order valence-corrected chi connectivity index (χ1v) is 6.63. The molecule has 1 aliphatic carbocycles. The van der Waals surface area contributed by atoms with E-state index in [1.54, 1.807) is 6.07 Å². The average molecular weight is 266 g/mol. The molecule has 1 aliphatic rings. The van der Waals surface area contributed by atoms with Crippen molar-refractivity contribution in [3.8, 4) is 0 Å². The number of nitrogen functional groups attached to an aromatic ring is 2. The van der Waals surface area contributed by atoms with Gasteiger partial charge in [-0.1, -0.05) is 19.3 Å². The SMILES string of the molecule is NNc1cc(NCC2(CO)CCCCC2)nc(N)n1. The normalized spacial score (nSPS) is 18.0. The number of hydrazine groups is 1. The Balaban J connectivity index is 2.02. The van der Waals surface area contributed by atoms with Gasteiger partial charge in [-0.2, -0.15) is 9.97 Å². The van der Waals surface area contributed by atoms with Gasteiger partial charge in [0.15, 0.2) is 0 Å². The van der Waals surface area contributed by atoms with Crippen LogP contribution in [0.1, 0.15) is 32.1 Å². The molecule has 0 aromatic carbocycles. The summed E-state index contributed by atoms with van der Waals surface area (Å²) >= 11 is 0. The van der Waals surface area contributed by atoms with Crippen molar-refractivity contribution in [2.75, 3.05) is 29.6 Å². The molecule has 0 bridgehead atoms. The largest absolute Gasteiger partial charge is 0.396 e. The van der Waals surface area contributed by atoms with Gasteiger partial charge in [-0.15, -0.1) is 0 Å². The van der Waals surface area contributed by atoms with E-state index in [0.29, 0.717) is 18.2 Å². The highest BCUT2D eigenvalue weighted by Gasteiger charge is 2.31. The maximum Gasteiger partial charge on any atom is 0.223 e. The lowest BCUT2D eigenvalue weighted by Crippen LogP contribution is -2.35. The first-order chi connectivity index (χ1) is 9.17. The number of hydrogen-bond donors (Lipinski definition) is 5. The van der Waals surface area contributed by atoms with E-state index < -0.39 is 0 Å². The highest BCUT2D eigenvalue weighted by atomic mass is 16.3. The van der Waals surface area contributed by atoms with Crippen molar-refractivity contribution in [2.45, 2.75) is 32.1 Å². The van der Waals surface area contributed by atoms with Crippen molar-refractivity contribution in [3.05, 3.63) is 6.07 Å². The van der Waals surface area contributed by atoms with Gasteiger partial charge in [-0.05, 0) is 12.8 Å². The van der Waals surface area contributed by atoms with Crippen LogP contribution in [0.3, 0.4) is 0 Å². The Labute approximate surface area is 112 Å². The van der Waals surface area contributed by atoms with Crippen LogP contribution in [0.15, 0.2) is 6.07 Å². The molecule has 1 heterocycles. The predicted octanol–water partition coefficient (Wildman–Crippen LogP) is 0.699. The van der Waals surface area contributed by atoms with Crippen molar-refractivity contribution >= 4 is 17.6 Å². The van der Waals surface area contributed by atoms with Crippen LogP contribution in [0.25, 0.3) is 0 Å². The summed E-state index contributed by atoms with van der Waals surface area (Å²) in [5, 5.41) is 12.9. The van der Waals surface area contributed by atoms with Gasteiger partial charge in [0, 0.05) is 18.0 Å². The van der Waals surface area contributed by atoms with Crippen LogP contribution < -0.4 is 22.3 Å². The number of nitrogens with zero attached hydrogens (tertiary/aromatic N) is 2. The van der Waals surface area contributed by atoms with E-state index in [-0.39, 0.29) is 18.0 Å². The van der Waals surface area contributed by atoms with Crippen LogP contribution in [0, 0.1) is 5.41 Å². The zero-order valence-electron chi connectivity index (χ0n) is 11.0. The van der Waals surface area contributed by atoms with Crippen molar-refractivity contribution in [1.82, 2.24) is 9.97 Å². The number of nitrogens with two attached hydrogens (primary N) is 2. The van der Waals surface area contributed by atoms with Crippen LogP contribution in [-0.2, 0) is 0 Å². The van der Waals surface area contributed by atoms with Gasteiger partial charge in [0.1, 0.15) is 11.6 Å². The molecule has 106 valence electrons. The third-order valence-corrected chi connectivity index (χ3v) is 3.79. The van der Waals surface area contributed by atoms with Crippen LogP contribution in [-0.4, -0.2) is 28.2 Å². The predicted molar refractivity (Wildman–Crippen MR) is 75.3 cm³/mol. The number of aliphatic hydroxyl groups is 1. The molecule has 0 spiro atoms. The van der Waals surface area contributed by atoms with Crippen molar-refractivity contribution in [1.29, 1.82) is 0 Å². The maximum atomic E-state index is 9.65. The van der Waals surface area contributed by atoms with E-state index in [4.69, 9.17) is 11.6 Å². The maximum absolute atomic E-state index is 9.65. The Morgan fingerprint density at radius 2 is 1.89 bits per heavy atom. The third kappa shape index (κ3) is 3.45. The summed E-state index contributed by atoms with van der Waals surface area (Å²) in [6.45, 7) is 0.881. The molecule has 7 nitrogen and oxygen atoms in total. The van der Waals surface area contributed by atoms with E-state index in [1.165, 1.54) is 19.3 Å². The van der Waals surface area contributed by atoms with Crippen LogP contribution in [0.2, 0.25) is 0 Å². The molecule has 0 aliphatic heterocycles. The van der Waals surface area contributed by atoms with Crippen molar-refractivity contribution < 1.29 is 5.11 Å². The fraction of sp³-hybridized carbons (Fsp3) is 0.667. The summed E-state index contributed by atoms with van der Waals surface area (Å²) < 4.78 is 0. The summed E-state index contributed by atoms with van der Waals surface area (Å²) in [6, 6.07) is 1.70. The smallest absolute Gasteiger partial charge is 0.223 e. The molecule has 1 aromatic heterocycles. The van der Waals surface area contributed by atoms with Gasteiger partial charge in [0.05, 0.1) is 6.61 Å². The fourth-order valence-electron chi connectivity index (χ4n) is 2.60. The standard InChI is InChI=1S/C12H22N6O/c13-11-16-9(6-10(17-11)18-14)15-7-12(8-19)4-2-1-3-5-12/h6,19H,1-5,7-8,14H2,(H4,13,15,16,17,18). The highest BCUT2D eigenvalue weighted by molar-refractivity contribution is 5.50. The van der Waals surface area contributed by atoms with Crippen molar-refractivity contribution in [2.24, 2.45) is 11.3 Å². The van der Waals surface area contributed by atoms with E-state index in [0.717, 1.165) is 12.8 Å². The van der Waals surface area contributed by atoms with E-state index >= 15 is 0 Å². The number of nitrogens with one attached hydrogen (secondary N) is 2. The summed E-state index contributed by atoms with van der Waals surface area (Å²) in [7, 11) is 0. The second-order valence-corrected chi connectivity index (χ2v) is 5.21. The van der Waals surface area contributed by atoms with Crippen LogP contribution >= 0.6 is 0 Å². The van der Waals surface area contributed by atoms with Gasteiger partial charge in [-0.25, -0.2) is 5.84 Å². The zero-order chi connectivity index (χ0) is 13.7. The fourth-order valence-corrected chi connectivity index (χ4v) is 2.60. The van der Waals surface area contributed by atoms with Gasteiger partial charge in [0.25, 0.3) is 0 Å². The Morgan fingerprint density at radius 1 is 1.21 bits per heavy atom. The summed E-state index contributed by atoms with van der Waals surface area (Å²) in [5.41, 5.74) is 8.00. The molecule has 0 saturated heterocycles. The second kappa shape index (κ2) is 6.03. The molecule has 0 radical (unpaired) electrons. The van der Waals surface area contributed by atoms with Crippen molar-refractivity contribution in [3.63, 3.8) is 0 Å². The lowest BCUT2D eigenvalue weighted by molar-refractivity contribution is 0.0943. The monoisotopic (exact) mass is 266 g/mol. The minimum absolute atomic E-state index is 0.0474. The van der Waals surface area contributed by atoms with E-state index in [9.17, 15) is 5.11 Å². The minimum atomic E-state index is -0.0474. The third-order valence-electron chi connectivity index (χ3n) is 3.79. The van der Waals surface area contributed by atoms with Gasteiger partial charge >= 0.3 is 0 Å². The first kappa shape index (κ1) is 13.8. The topological polar surface area (TPSA) is 122 Å². The second-order valence-electron chi connectivity index (χ2n) is 5.21. The van der Waals surface area contributed by atoms with Crippen LogP contribution in [0.4, 0.5) is 17.6 Å². The molecule has 1 fully saturated rings. The summed E-state index contributed by atoms with van der Waals surface area (Å²) in [6.07, 6.45) is 5.68. The Kier molecular flexibility index (Phi) is 4.39. The number of rotatable bonds is 5. The molecular formula is C12H22N6O. The highest BCUT2D eigenvalue weighted by Crippen LogP contribution is 2.35. The number of hydrogen-bond acceptors (Lipinski definition) is 7. The number of aliphatic hydroxyl groups excluding tert-OH is 1. The molecular weight excluding hydrogens is 244 g/mol. The molecule has 2 rings (SSSR count). The Bertz CT molecular complexity index is 419. The molecule has 0 unspecified atom stereocenters. The molecule has 1 saturated carbocycles. The average Bonchev–Trinajstić information content (AvgIpc) is 2.45. The van der Waals surface area contributed by atoms with Gasteiger partial charge in [-0.3, -0.25) is 0 Å². The van der Waals surface area contributed by atoms with Crippen LogP contribution in [0.5, 0.6) is 0 Å². The van der Waals surface area contributed by atoms with E-state index in [2.05, 4.69) is 20.7 Å². The lowest BCUT2D eigenvalue weighted by Gasteiger charge is -2.35. The lowest BCUT2D eigenvalue weighted by atomic mass is 9.74. The summed E-state index contributed by atoms with van der Waals surface area (Å²) in [4.78, 5) is 8.04. The first-order valence-electron chi connectivity index (χ1n) is 6.63. The van der Waals surface area contributed by atoms with E-state index in [1.807, 2.05) is 0 Å². The molecule has 0 amide bonds. The van der Waals surface area contributed by atoms with Gasteiger partial charge in [0.2, 0.25) is 5.95 Å². The quantitative estimate of drug-likeness (QED) is 0.392. The molecule has 7 N–H and O–H groups in total. The Hall–Kier alpha value is -1.60. The molecule has 7 heteroatoms. The van der Waals surface area contributed by atoms with Gasteiger partial charge < -0.3 is 21.6 Å². The minimum Gasteiger partial charge on any atom is -0.396 e. The molecule has 19 heavy (non-hydrogen) atoms. The molecule has 0 atom stereocenters. The number of aromatic nitrogens is 2.